The third-order valence-corrected chi connectivity index (χ3v) is 4.48. The Kier molecular flexibility index (Phi) is 5.77. The van der Waals surface area contributed by atoms with E-state index in [4.69, 9.17) is 0 Å². The molecule has 6 nitrogen and oxygen atoms in total. The molecule has 0 aliphatic heterocycles. The number of carboxylic acids is 2. The van der Waals surface area contributed by atoms with Crippen molar-refractivity contribution in [3.63, 3.8) is 0 Å². The highest BCUT2D eigenvalue weighted by Gasteiger charge is 2.52. The van der Waals surface area contributed by atoms with Crippen molar-refractivity contribution < 1.29 is 24.6 Å². The second kappa shape index (κ2) is 7.82. The van der Waals surface area contributed by atoms with Gasteiger partial charge in [0.2, 0.25) is 5.54 Å². The summed E-state index contributed by atoms with van der Waals surface area (Å²) in [6, 6.07) is 16.3. The Balaban J connectivity index is 2.39. The first kappa shape index (κ1) is 19.2. The van der Waals surface area contributed by atoms with E-state index in [1.54, 1.807) is 31.2 Å². The van der Waals surface area contributed by atoms with Crippen molar-refractivity contribution in [3.8, 4) is 11.1 Å². The van der Waals surface area contributed by atoms with Crippen LogP contribution in [0.5, 0.6) is 0 Å². The molecule has 0 aliphatic rings. The minimum atomic E-state index is -2.29. The number of hydrogen-bond acceptors (Lipinski definition) is 3. The van der Waals surface area contributed by atoms with Crippen LogP contribution >= 0.6 is 0 Å². The molecule has 2 aromatic carbocycles. The van der Waals surface area contributed by atoms with Gasteiger partial charge in [-0.1, -0.05) is 49.4 Å². The molecule has 0 unspecified atom stereocenters. The molecular formula is C20H21NO5. The Morgan fingerprint density at radius 3 is 1.77 bits per heavy atom. The van der Waals surface area contributed by atoms with Gasteiger partial charge in [-0.15, -0.1) is 0 Å². The number of hydrogen-bond donors (Lipinski definition) is 2. The highest BCUT2D eigenvalue weighted by molar-refractivity contribution is 6.09. The second-order valence-corrected chi connectivity index (χ2v) is 5.82. The van der Waals surface area contributed by atoms with Crippen LogP contribution in [0.2, 0.25) is 0 Å². The van der Waals surface area contributed by atoms with Crippen LogP contribution in [-0.2, 0) is 9.59 Å². The van der Waals surface area contributed by atoms with E-state index in [-0.39, 0.29) is 18.5 Å². The molecule has 0 fully saturated rings. The number of carbonyl (C=O) groups excluding carboxylic acids is 1. The van der Waals surface area contributed by atoms with Gasteiger partial charge in [0, 0.05) is 12.1 Å². The van der Waals surface area contributed by atoms with Gasteiger partial charge < -0.3 is 15.1 Å². The lowest BCUT2D eigenvalue weighted by Gasteiger charge is -2.36. The maximum absolute atomic E-state index is 12.8. The minimum Gasteiger partial charge on any atom is -0.479 e. The molecule has 26 heavy (non-hydrogen) atoms. The van der Waals surface area contributed by atoms with Gasteiger partial charge in [0.25, 0.3) is 5.91 Å². The molecule has 0 aliphatic carbocycles. The van der Waals surface area contributed by atoms with E-state index in [1.807, 2.05) is 30.3 Å². The molecule has 136 valence electrons. The van der Waals surface area contributed by atoms with E-state index in [9.17, 15) is 24.6 Å². The number of rotatable bonds is 7. The van der Waals surface area contributed by atoms with Gasteiger partial charge in [-0.25, -0.2) is 9.59 Å². The maximum Gasteiger partial charge on any atom is 0.341 e. The second-order valence-electron chi connectivity index (χ2n) is 5.82. The number of amides is 1. The molecule has 0 heterocycles. The molecule has 0 saturated heterocycles. The van der Waals surface area contributed by atoms with Crippen molar-refractivity contribution in [3.05, 3.63) is 60.2 Å². The van der Waals surface area contributed by atoms with E-state index in [0.717, 1.165) is 16.0 Å². The molecular weight excluding hydrogens is 334 g/mol. The molecule has 0 saturated carbocycles. The highest BCUT2D eigenvalue weighted by Crippen LogP contribution is 2.25. The Morgan fingerprint density at radius 1 is 0.846 bits per heavy atom. The summed E-state index contributed by atoms with van der Waals surface area (Å²) >= 11 is 0. The monoisotopic (exact) mass is 355 g/mol. The summed E-state index contributed by atoms with van der Waals surface area (Å²) in [7, 11) is 0. The standard InChI is InChI=1S/C20H21NO5/c1-3-20(18(23)24,19(25)26)21(4-2)17(22)16-12-10-15(11-13-16)14-8-6-5-7-9-14/h5-13H,3-4H2,1-2H3,(H,23,24)(H,25,26). The molecule has 0 radical (unpaired) electrons. The average Bonchev–Trinajstić information content (AvgIpc) is 2.65. The first-order chi connectivity index (χ1) is 12.4. The maximum atomic E-state index is 12.8. The quantitative estimate of drug-likeness (QED) is 0.744. The van der Waals surface area contributed by atoms with Gasteiger partial charge in [-0.2, -0.15) is 0 Å². The predicted molar refractivity (Wildman–Crippen MR) is 96.9 cm³/mol. The molecule has 2 rings (SSSR count). The van der Waals surface area contributed by atoms with Crippen molar-refractivity contribution >= 4 is 17.8 Å². The average molecular weight is 355 g/mol. The van der Waals surface area contributed by atoms with Gasteiger partial charge in [0.15, 0.2) is 0 Å². The largest absolute Gasteiger partial charge is 0.479 e. The van der Waals surface area contributed by atoms with Crippen molar-refractivity contribution in [2.24, 2.45) is 0 Å². The van der Waals surface area contributed by atoms with Crippen LogP contribution in [-0.4, -0.2) is 45.0 Å². The lowest BCUT2D eigenvalue weighted by atomic mass is 9.92. The van der Waals surface area contributed by atoms with Gasteiger partial charge in [0.1, 0.15) is 0 Å². The van der Waals surface area contributed by atoms with E-state index in [2.05, 4.69) is 0 Å². The number of nitrogens with zero attached hydrogens (tertiary/aromatic N) is 1. The van der Waals surface area contributed by atoms with Crippen LogP contribution in [0.15, 0.2) is 54.6 Å². The molecule has 2 aromatic rings. The first-order valence-electron chi connectivity index (χ1n) is 8.32. The molecule has 1 amide bonds. The van der Waals surface area contributed by atoms with Crippen molar-refractivity contribution in [1.82, 2.24) is 4.90 Å². The number of aliphatic carboxylic acids is 2. The zero-order valence-corrected chi connectivity index (χ0v) is 14.7. The molecule has 0 spiro atoms. The zero-order valence-electron chi connectivity index (χ0n) is 14.7. The summed E-state index contributed by atoms with van der Waals surface area (Å²) in [5.74, 6) is -3.73. The Morgan fingerprint density at radius 2 is 1.35 bits per heavy atom. The molecule has 6 heteroatoms. The molecule has 0 bridgehead atoms. The first-order valence-corrected chi connectivity index (χ1v) is 8.32. The topological polar surface area (TPSA) is 94.9 Å². The van der Waals surface area contributed by atoms with E-state index in [1.165, 1.54) is 6.92 Å². The lowest BCUT2D eigenvalue weighted by Crippen LogP contribution is -2.61. The Hall–Kier alpha value is -3.15. The minimum absolute atomic E-state index is 0.0360. The van der Waals surface area contributed by atoms with Crippen LogP contribution < -0.4 is 0 Å². The van der Waals surface area contributed by atoms with Crippen LogP contribution in [0.25, 0.3) is 11.1 Å². The summed E-state index contributed by atoms with van der Waals surface area (Å²) in [6.45, 7) is 2.97. The summed E-state index contributed by atoms with van der Waals surface area (Å²) in [5.41, 5.74) is -0.155. The fourth-order valence-electron chi connectivity index (χ4n) is 2.99. The number of benzene rings is 2. The Labute approximate surface area is 151 Å². The third kappa shape index (κ3) is 3.31. The highest BCUT2D eigenvalue weighted by atomic mass is 16.4. The third-order valence-electron chi connectivity index (χ3n) is 4.48. The van der Waals surface area contributed by atoms with Crippen molar-refractivity contribution in [1.29, 1.82) is 0 Å². The van der Waals surface area contributed by atoms with E-state index in [0.29, 0.717) is 0 Å². The summed E-state index contributed by atoms with van der Waals surface area (Å²) in [5, 5.41) is 19.0. The molecule has 0 atom stereocenters. The van der Waals surface area contributed by atoms with Gasteiger partial charge in [0.05, 0.1) is 0 Å². The van der Waals surface area contributed by atoms with Crippen molar-refractivity contribution in [2.75, 3.05) is 6.54 Å². The summed E-state index contributed by atoms with van der Waals surface area (Å²) < 4.78 is 0. The van der Waals surface area contributed by atoms with Gasteiger partial charge in [-0.05, 0) is 36.6 Å². The van der Waals surface area contributed by atoms with E-state index >= 15 is 0 Å². The normalized spacial score (nSPS) is 11.0. The van der Waals surface area contributed by atoms with E-state index < -0.39 is 23.4 Å². The van der Waals surface area contributed by atoms with Crippen LogP contribution in [0.3, 0.4) is 0 Å². The Bertz CT molecular complexity index is 785. The van der Waals surface area contributed by atoms with Crippen LogP contribution in [0.4, 0.5) is 0 Å². The van der Waals surface area contributed by atoms with Crippen molar-refractivity contribution in [2.45, 2.75) is 25.8 Å². The summed E-state index contributed by atoms with van der Waals surface area (Å²) in [4.78, 5) is 37.1. The fraction of sp³-hybridized carbons (Fsp3) is 0.250. The predicted octanol–water partition coefficient (Wildman–Crippen LogP) is 3.13. The van der Waals surface area contributed by atoms with Gasteiger partial charge in [-0.3, -0.25) is 4.79 Å². The van der Waals surface area contributed by atoms with Gasteiger partial charge >= 0.3 is 11.9 Å². The SMILES string of the molecule is CCN(C(=O)c1ccc(-c2ccccc2)cc1)C(CC)(C(=O)O)C(=O)O. The number of carboxylic acid groups (broad SMARTS) is 2. The zero-order chi connectivity index (χ0) is 19.3. The fourth-order valence-corrected chi connectivity index (χ4v) is 2.99. The molecule has 0 aromatic heterocycles. The lowest BCUT2D eigenvalue weighted by molar-refractivity contribution is -0.166. The number of carbonyl (C=O) groups is 3. The summed E-state index contributed by atoms with van der Waals surface area (Å²) in [6.07, 6.45) is -0.237. The van der Waals surface area contributed by atoms with Crippen LogP contribution in [0, 0.1) is 0 Å². The number of likely N-dealkylation sites (N-methyl/N-ethyl adjacent to an activating group) is 1. The smallest absolute Gasteiger partial charge is 0.341 e. The van der Waals surface area contributed by atoms with Crippen LogP contribution in [0.1, 0.15) is 30.6 Å². The molecule has 2 N–H and O–H groups in total.